The molecule has 29 heavy (non-hydrogen) atoms. The van der Waals surface area contributed by atoms with Gasteiger partial charge in [-0.3, -0.25) is 20.4 Å². The molecule has 3 heterocycles. The summed E-state index contributed by atoms with van der Waals surface area (Å²) in [5, 5.41) is 2.39. The van der Waals surface area contributed by atoms with Crippen molar-refractivity contribution in [1.29, 1.82) is 0 Å². The fraction of sp³-hybridized carbons (Fsp3) is 0.440. The summed E-state index contributed by atoms with van der Waals surface area (Å²) in [6.07, 6.45) is 20.1. The molecule has 5 rings (SSSR count). The Hall–Kier alpha value is -2.62. The zero-order valence-electron chi connectivity index (χ0n) is 18.0. The van der Waals surface area contributed by atoms with Crippen LogP contribution in [0, 0.1) is 17.3 Å². The predicted molar refractivity (Wildman–Crippen MR) is 122 cm³/mol. The van der Waals surface area contributed by atoms with Gasteiger partial charge in [0, 0.05) is 30.9 Å². The molecule has 0 radical (unpaired) electrons. The van der Waals surface area contributed by atoms with Crippen LogP contribution in [0.15, 0.2) is 77.2 Å². The van der Waals surface area contributed by atoms with Crippen molar-refractivity contribution in [1.82, 2.24) is 15.4 Å². The Kier molecular flexibility index (Phi) is 5.44. The highest BCUT2D eigenvalue weighted by Crippen LogP contribution is 2.64. The van der Waals surface area contributed by atoms with Gasteiger partial charge in [-0.25, -0.2) is 0 Å². The van der Waals surface area contributed by atoms with Crippen molar-refractivity contribution in [2.45, 2.75) is 53.1 Å². The van der Waals surface area contributed by atoms with E-state index in [2.05, 4.69) is 65.7 Å². The van der Waals surface area contributed by atoms with Crippen molar-refractivity contribution in [3.05, 3.63) is 77.8 Å². The fourth-order valence-corrected chi connectivity index (χ4v) is 4.74. The van der Waals surface area contributed by atoms with Crippen molar-refractivity contribution in [3.8, 4) is 0 Å². The molecule has 1 N–H and O–H groups in total. The molecule has 4 unspecified atom stereocenters. The molecule has 2 aliphatic carbocycles. The van der Waals surface area contributed by atoms with E-state index in [-0.39, 0.29) is 6.84 Å². The summed E-state index contributed by atoms with van der Waals surface area (Å²) >= 11 is 0. The zero-order chi connectivity index (χ0) is 20.4. The predicted octanol–water partition coefficient (Wildman–Crippen LogP) is 5.44. The van der Waals surface area contributed by atoms with E-state index in [1.54, 1.807) is 0 Å². The van der Waals surface area contributed by atoms with Crippen molar-refractivity contribution in [2.75, 3.05) is 0 Å². The number of fused-ring (bicyclic) bond motifs is 2. The molecule has 0 spiro atoms. The smallest absolute Gasteiger partial charge is 0.139 e. The monoisotopic (exact) mass is 390 g/mol. The molecule has 2 aliphatic heterocycles. The minimum Gasteiger partial charge on any atom is -0.283 e. The molecule has 0 bridgehead atoms. The third-order valence-electron chi connectivity index (χ3n) is 6.32. The van der Waals surface area contributed by atoms with Crippen molar-refractivity contribution in [3.63, 3.8) is 0 Å². The van der Waals surface area contributed by atoms with Crippen LogP contribution in [0.25, 0.3) is 0 Å². The first-order valence-corrected chi connectivity index (χ1v) is 11.0. The number of amidine groups is 1. The zero-order valence-corrected chi connectivity index (χ0v) is 18.0. The molecule has 0 amide bonds. The topological polar surface area (TPSA) is 40.5 Å². The molecule has 4 nitrogen and oxygen atoms in total. The first kappa shape index (κ1) is 19.7. The van der Waals surface area contributed by atoms with E-state index in [9.17, 15) is 0 Å². The number of nitrogens with one attached hydrogen (secondary N) is 1. The molecule has 4 aliphatic rings. The standard InChI is InChI=1S/C23H26N4.C2H6.H2/c1-3-18-12-21(23-13-16(2)4-5-19(23)14-23)27-20(18)6-7-22(26-27)25-15-17-8-10-24-11-9-17;1-2;/h4-13,18-20H,3,14-15H2,1-2H3,(H,25,26);1-2H3;1H. The first-order valence-electron chi connectivity index (χ1n) is 11.0. The van der Waals surface area contributed by atoms with Gasteiger partial charge in [-0.2, -0.15) is 0 Å². The van der Waals surface area contributed by atoms with Gasteiger partial charge >= 0.3 is 0 Å². The quantitative estimate of drug-likeness (QED) is 0.744. The molecule has 154 valence electrons. The van der Waals surface area contributed by atoms with Gasteiger partial charge in [-0.05, 0) is 49.5 Å². The van der Waals surface area contributed by atoms with Crippen LogP contribution < -0.4 is 5.43 Å². The van der Waals surface area contributed by atoms with Crippen LogP contribution in [0.5, 0.6) is 0 Å². The molecule has 0 saturated heterocycles. The summed E-state index contributed by atoms with van der Waals surface area (Å²) in [5.74, 6) is 2.14. The number of hydrogen-bond donors (Lipinski definition) is 1. The van der Waals surface area contributed by atoms with Crippen molar-refractivity contribution >= 4 is 5.84 Å². The number of allylic oxidation sites excluding steroid dienone is 4. The minimum absolute atomic E-state index is 0. The largest absolute Gasteiger partial charge is 0.283 e. The molecule has 1 aromatic rings. The van der Waals surface area contributed by atoms with Crippen molar-refractivity contribution in [2.24, 2.45) is 22.2 Å². The SMILES string of the molecule is CC.CCC1C=C(C23C=C(C)C=CC2C3)N2NC(=NCc3ccncc3)C=CC12.[HH]. The summed E-state index contributed by atoms with van der Waals surface area (Å²) < 4.78 is 0. The van der Waals surface area contributed by atoms with Gasteiger partial charge in [-0.1, -0.05) is 56.7 Å². The average molecular weight is 391 g/mol. The number of aliphatic imine (C=N–C) groups is 1. The van der Waals surface area contributed by atoms with E-state index in [0.29, 0.717) is 24.4 Å². The fourth-order valence-electron chi connectivity index (χ4n) is 4.74. The lowest BCUT2D eigenvalue weighted by Gasteiger charge is -2.37. The second kappa shape index (κ2) is 8.02. The lowest BCUT2D eigenvalue weighted by atomic mass is 9.91. The Morgan fingerprint density at radius 2 is 2.03 bits per heavy atom. The summed E-state index contributed by atoms with van der Waals surface area (Å²) in [7, 11) is 0. The molecule has 1 fully saturated rings. The number of hydrazine groups is 1. The highest BCUT2D eigenvalue weighted by molar-refractivity contribution is 5.93. The van der Waals surface area contributed by atoms with Gasteiger partial charge in [0.2, 0.25) is 0 Å². The van der Waals surface area contributed by atoms with Gasteiger partial charge < -0.3 is 0 Å². The lowest BCUT2D eigenvalue weighted by Crippen LogP contribution is -2.50. The molecular formula is C25H34N4. The van der Waals surface area contributed by atoms with E-state index >= 15 is 0 Å². The third-order valence-corrected chi connectivity index (χ3v) is 6.32. The van der Waals surface area contributed by atoms with Crippen LogP contribution >= 0.6 is 0 Å². The van der Waals surface area contributed by atoms with Gasteiger partial charge in [0.1, 0.15) is 5.84 Å². The number of hydrogen-bond acceptors (Lipinski definition) is 3. The number of aromatic nitrogens is 1. The Labute approximate surface area is 176 Å². The summed E-state index contributed by atoms with van der Waals surface area (Å²) in [4.78, 5) is 8.86. The maximum Gasteiger partial charge on any atom is 0.139 e. The van der Waals surface area contributed by atoms with Crippen LogP contribution in [0.1, 0.15) is 47.5 Å². The molecule has 4 heteroatoms. The van der Waals surface area contributed by atoms with E-state index in [1.807, 2.05) is 38.4 Å². The molecule has 4 atom stereocenters. The highest BCUT2D eigenvalue weighted by atomic mass is 15.6. The summed E-state index contributed by atoms with van der Waals surface area (Å²) in [6.45, 7) is 9.16. The first-order chi connectivity index (χ1) is 14.2. The summed E-state index contributed by atoms with van der Waals surface area (Å²) in [5.41, 5.74) is 7.80. The maximum absolute atomic E-state index is 4.79. The summed E-state index contributed by atoms with van der Waals surface area (Å²) in [6, 6.07) is 4.42. The number of nitrogens with zero attached hydrogens (tertiary/aromatic N) is 3. The third kappa shape index (κ3) is 3.57. The van der Waals surface area contributed by atoms with Crippen LogP contribution in [0.3, 0.4) is 0 Å². The molecule has 0 aromatic carbocycles. The molecule has 1 saturated carbocycles. The van der Waals surface area contributed by atoms with Crippen LogP contribution in [-0.2, 0) is 6.54 Å². The lowest BCUT2D eigenvalue weighted by molar-refractivity contribution is 0.216. The number of rotatable bonds is 4. The average Bonchev–Trinajstić information content (AvgIpc) is 3.38. The van der Waals surface area contributed by atoms with Crippen LogP contribution in [0.2, 0.25) is 0 Å². The van der Waals surface area contributed by atoms with E-state index < -0.39 is 0 Å². The van der Waals surface area contributed by atoms with Crippen molar-refractivity contribution < 1.29 is 1.43 Å². The molecule has 1 aromatic heterocycles. The highest BCUT2D eigenvalue weighted by Gasteiger charge is 2.58. The second-order valence-corrected chi connectivity index (χ2v) is 8.11. The Bertz CT molecular complexity index is 899. The van der Waals surface area contributed by atoms with Gasteiger partial charge in [0.05, 0.1) is 12.6 Å². The maximum atomic E-state index is 4.79. The Morgan fingerprint density at radius 1 is 1.24 bits per heavy atom. The van der Waals surface area contributed by atoms with Crippen LogP contribution in [-0.4, -0.2) is 21.9 Å². The Morgan fingerprint density at radius 3 is 2.79 bits per heavy atom. The van der Waals surface area contributed by atoms with E-state index in [4.69, 9.17) is 4.99 Å². The van der Waals surface area contributed by atoms with E-state index in [1.165, 1.54) is 23.3 Å². The second-order valence-electron chi connectivity index (χ2n) is 8.11. The minimum atomic E-state index is 0. The normalized spacial score (nSPS) is 32.5. The van der Waals surface area contributed by atoms with Gasteiger partial charge in [0.25, 0.3) is 0 Å². The van der Waals surface area contributed by atoms with Crippen LogP contribution in [0.4, 0.5) is 0 Å². The molecular weight excluding hydrogens is 356 g/mol. The Balaban J connectivity index is 0.000000830. The van der Waals surface area contributed by atoms with Gasteiger partial charge in [0.15, 0.2) is 0 Å². The number of pyridine rings is 1. The van der Waals surface area contributed by atoms with Gasteiger partial charge in [-0.15, -0.1) is 0 Å². The van der Waals surface area contributed by atoms with E-state index in [0.717, 1.165) is 12.3 Å².